The van der Waals surface area contributed by atoms with Crippen molar-refractivity contribution in [3.63, 3.8) is 0 Å². The first kappa shape index (κ1) is 15.4. The monoisotopic (exact) mass is 267 g/mol. The summed E-state index contributed by atoms with van der Waals surface area (Å²) < 4.78 is 13.8. The molecule has 1 aromatic rings. The zero-order valence-corrected chi connectivity index (χ0v) is 12.0. The third-order valence-electron chi connectivity index (χ3n) is 2.69. The van der Waals surface area contributed by atoms with E-state index < -0.39 is 0 Å². The minimum Gasteiger partial charge on any atom is -0.365 e. The summed E-state index contributed by atoms with van der Waals surface area (Å²) in [5.41, 5.74) is 1.30. The molecule has 0 saturated heterocycles. The van der Waals surface area contributed by atoms with Gasteiger partial charge in [0, 0.05) is 30.9 Å². The third kappa shape index (κ3) is 4.52. The minimum absolute atomic E-state index is 0.0721. The van der Waals surface area contributed by atoms with E-state index in [-0.39, 0.29) is 24.3 Å². The summed E-state index contributed by atoms with van der Waals surface area (Å²) in [7, 11) is 3.55. The predicted molar refractivity (Wildman–Crippen MR) is 75.7 cm³/mol. The molecule has 2 N–H and O–H groups in total. The number of likely N-dealkylation sites (N-methyl/N-ethyl adjacent to an activating group) is 1. The average molecular weight is 267 g/mol. The van der Waals surface area contributed by atoms with Gasteiger partial charge in [-0.2, -0.15) is 0 Å². The number of carbonyl (C=O) groups is 1. The predicted octanol–water partition coefficient (Wildman–Crippen LogP) is 1.51. The highest BCUT2D eigenvalue weighted by atomic mass is 19.1. The van der Waals surface area contributed by atoms with Crippen molar-refractivity contribution in [3.8, 4) is 0 Å². The van der Waals surface area contributed by atoms with Crippen LogP contribution >= 0.6 is 0 Å². The van der Waals surface area contributed by atoms with Crippen molar-refractivity contribution in [1.29, 1.82) is 0 Å². The van der Waals surface area contributed by atoms with Gasteiger partial charge in [-0.3, -0.25) is 4.79 Å². The van der Waals surface area contributed by atoms with Crippen LogP contribution in [0, 0.1) is 5.82 Å². The van der Waals surface area contributed by atoms with Crippen LogP contribution in [0.4, 0.5) is 10.1 Å². The van der Waals surface area contributed by atoms with Crippen LogP contribution in [0.25, 0.3) is 0 Å². The van der Waals surface area contributed by atoms with Gasteiger partial charge in [-0.25, -0.2) is 4.39 Å². The molecule has 0 aliphatic heterocycles. The fourth-order valence-corrected chi connectivity index (χ4v) is 1.92. The van der Waals surface area contributed by atoms with E-state index in [4.69, 9.17) is 0 Å². The molecule has 0 aliphatic carbocycles. The molecule has 0 unspecified atom stereocenters. The normalized spacial score (nSPS) is 10.6. The summed E-state index contributed by atoms with van der Waals surface area (Å²) in [6.45, 7) is 4.45. The van der Waals surface area contributed by atoms with Gasteiger partial charge in [-0.1, -0.05) is 6.07 Å². The first-order chi connectivity index (χ1) is 8.95. The number of hydrogen-bond acceptors (Lipinski definition) is 3. The maximum absolute atomic E-state index is 13.8. The van der Waals surface area contributed by atoms with Gasteiger partial charge >= 0.3 is 0 Å². The smallest absolute Gasteiger partial charge is 0.239 e. The van der Waals surface area contributed by atoms with E-state index in [0.29, 0.717) is 12.1 Å². The number of nitrogens with zero attached hydrogens (tertiary/aromatic N) is 1. The van der Waals surface area contributed by atoms with Gasteiger partial charge in [0.05, 0.1) is 6.54 Å². The van der Waals surface area contributed by atoms with E-state index in [1.807, 2.05) is 19.9 Å². The molecule has 0 aliphatic rings. The maximum Gasteiger partial charge on any atom is 0.239 e. The van der Waals surface area contributed by atoms with Crippen molar-refractivity contribution in [3.05, 3.63) is 29.6 Å². The van der Waals surface area contributed by atoms with Crippen molar-refractivity contribution < 1.29 is 9.18 Å². The molecule has 4 nitrogen and oxygen atoms in total. The Morgan fingerprint density at radius 2 is 2.11 bits per heavy atom. The fourth-order valence-electron chi connectivity index (χ4n) is 1.92. The Hall–Kier alpha value is -1.62. The van der Waals surface area contributed by atoms with E-state index in [1.54, 1.807) is 25.1 Å². The molecule has 0 saturated carbocycles. The van der Waals surface area contributed by atoms with Crippen LogP contribution in [-0.4, -0.2) is 32.6 Å². The zero-order valence-electron chi connectivity index (χ0n) is 12.0. The highest BCUT2D eigenvalue weighted by Gasteiger charge is 2.14. The Balaban J connectivity index is 2.84. The molecule has 1 amide bonds. The van der Waals surface area contributed by atoms with Crippen LogP contribution in [0.3, 0.4) is 0 Å². The molecule has 5 heteroatoms. The number of rotatable bonds is 6. The van der Waals surface area contributed by atoms with Crippen molar-refractivity contribution in [2.45, 2.75) is 26.4 Å². The molecule has 19 heavy (non-hydrogen) atoms. The molecule has 0 spiro atoms. The Bertz CT molecular complexity index is 435. The molecule has 1 rings (SSSR count). The lowest BCUT2D eigenvalue weighted by Gasteiger charge is -2.23. The summed E-state index contributed by atoms with van der Waals surface area (Å²) in [5.74, 6) is -0.333. The summed E-state index contributed by atoms with van der Waals surface area (Å²) in [4.78, 5) is 13.5. The van der Waals surface area contributed by atoms with E-state index in [2.05, 4.69) is 10.6 Å². The first-order valence-corrected chi connectivity index (χ1v) is 6.38. The number of amides is 1. The Morgan fingerprint density at radius 1 is 1.42 bits per heavy atom. The standard InChI is InChI=1S/C14H22FN3O/c1-10(2)17-14(19)9-18(4)13-7-5-6-12(15)11(13)8-16-3/h5-7,10,16H,8-9H2,1-4H3,(H,17,19). The Morgan fingerprint density at radius 3 is 2.68 bits per heavy atom. The van der Waals surface area contributed by atoms with Crippen LogP contribution in [0.5, 0.6) is 0 Å². The van der Waals surface area contributed by atoms with Crippen molar-refractivity contribution in [2.75, 3.05) is 25.5 Å². The second-order valence-corrected chi connectivity index (χ2v) is 4.85. The van der Waals surface area contributed by atoms with Gasteiger partial charge < -0.3 is 15.5 Å². The van der Waals surface area contributed by atoms with Crippen LogP contribution in [0.2, 0.25) is 0 Å². The minimum atomic E-state index is -0.261. The number of hydrogen-bond donors (Lipinski definition) is 2. The first-order valence-electron chi connectivity index (χ1n) is 6.38. The second kappa shape index (κ2) is 7.09. The van der Waals surface area contributed by atoms with E-state index >= 15 is 0 Å². The molecular formula is C14H22FN3O. The quantitative estimate of drug-likeness (QED) is 0.821. The van der Waals surface area contributed by atoms with Gasteiger partial charge in [-0.15, -0.1) is 0 Å². The highest BCUT2D eigenvalue weighted by Crippen LogP contribution is 2.22. The summed E-state index contributed by atoms with van der Waals surface area (Å²) in [5, 5.41) is 5.76. The van der Waals surface area contributed by atoms with Crippen molar-refractivity contribution in [1.82, 2.24) is 10.6 Å². The molecule has 0 atom stereocenters. The summed E-state index contributed by atoms with van der Waals surface area (Å²) >= 11 is 0. The lowest BCUT2D eigenvalue weighted by atomic mass is 10.1. The van der Waals surface area contributed by atoms with Gasteiger partial charge in [0.1, 0.15) is 5.82 Å². The topological polar surface area (TPSA) is 44.4 Å². The third-order valence-corrected chi connectivity index (χ3v) is 2.69. The number of anilines is 1. The lowest BCUT2D eigenvalue weighted by molar-refractivity contribution is -0.120. The molecule has 0 aromatic heterocycles. The molecule has 0 radical (unpaired) electrons. The summed E-state index contributed by atoms with van der Waals surface area (Å²) in [6.07, 6.45) is 0. The van der Waals surface area contributed by atoms with Gasteiger partial charge in [0.15, 0.2) is 0 Å². The molecule has 0 bridgehead atoms. The van der Waals surface area contributed by atoms with Crippen LogP contribution < -0.4 is 15.5 Å². The number of carbonyl (C=O) groups excluding carboxylic acids is 1. The average Bonchev–Trinajstić information content (AvgIpc) is 2.30. The lowest BCUT2D eigenvalue weighted by Crippen LogP contribution is -2.39. The molecule has 106 valence electrons. The molecule has 1 aromatic carbocycles. The molecule has 0 heterocycles. The second-order valence-electron chi connectivity index (χ2n) is 4.85. The summed E-state index contributed by atoms with van der Waals surface area (Å²) in [6, 6.07) is 5.00. The van der Waals surface area contributed by atoms with Crippen molar-refractivity contribution >= 4 is 11.6 Å². The highest BCUT2D eigenvalue weighted by molar-refractivity contribution is 5.81. The Kier molecular flexibility index (Phi) is 5.76. The largest absolute Gasteiger partial charge is 0.365 e. The molecular weight excluding hydrogens is 245 g/mol. The SMILES string of the molecule is CNCc1c(F)cccc1N(C)CC(=O)NC(C)C. The van der Waals surface area contributed by atoms with E-state index in [9.17, 15) is 9.18 Å². The Labute approximate surface area is 114 Å². The van der Waals surface area contributed by atoms with Crippen molar-refractivity contribution in [2.24, 2.45) is 0 Å². The van der Waals surface area contributed by atoms with Crippen LogP contribution in [0.15, 0.2) is 18.2 Å². The van der Waals surface area contributed by atoms with Gasteiger partial charge in [0.25, 0.3) is 0 Å². The van der Waals surface area contributed by atoms with Crippen LogP contribution in [-0.2, 0) is 11.3 Å². The number of benzene rings is 1. The molecule has 0 fully saturated rings. The fraction of sp³-hybridized carbons (Fsp3) is 0.500. The number of nitrogens with one attached hydrogen (secondary N) is 2. The number of halogens is 1. The van der Waals surface area contributed by atoms with Gasteiger partial charge in [-0.05, 0) is 33.0 Å². The zero-order chi connectivity index (χ0) is 14.4. The van der Waals surface area contributed by atoms with E-state index in [1.165, 1.54) is 6.07 Å². The van der Waals surface area contributed by atoms with Crippen LogP contribution in [0.1, 0.15) is 19.4 Å². The van der Waals surface area contributed by atoms with Gasteiger partial charge in [0.2, 0.25) is 5.91 Å². The maximum atomic E-state index is 13.8. The van der Waals surface area contributed by atoms with E-state index in [0.717, 1.165) is 5.69 Å².